The van der Waals surface area contributed by atoms with Crippen LogP contribution in [0.5, 0.6) is 23.0 Å². The summed E-state index contributed by atoms with van der Waals surface area (Å²) >= 11 is 0. The van der Waals surface area contributed by atoms with Crippen LogP contribution in [0.4, 0.5) is 0 Å². The normalized spacial score (nSPS) is 10.8. The molecule has 28 heavy (non-hydrogen) atoms. The lowest BCUT2D eigenvalue weighted by Gasteiger charge is -2.16. The molecule has 144 valence electrons. The van der Waals surface area contributed by atoms with Crippen LogP contribution < -0.4 is 0 Å². The maximum atomic E-state index is 12.0. The Bertz CT molecular complexity index is 1040. The molecule has 0 amide bonds. The van der Waals surface area contributed by atoms with Gasteiger partial charge in [-0.15, -0.1) is 0 Å². The lowest BCUT2D eigenvalue weighted by atomic mass is 9.99. The summed E-state index contributed by atoms with van der Waals surface area (Å²) in [4.78, 5) is 24.1. The molecule has 0 bridgehead atoms. The molecule has 0 aliphatic heterocycles. The topological polar surface area (TPSA) is 120 Å². The smallest absolute Gasteiger partial charge is 0.164 e. The molecule has 3 rings (SSSR count). The molecular formula is C21H19NO6. The fourth-order valence-corrected chi connectivity index (χ4v) is 3.41. The second-order valence-corrected chi connectivity index (χ2v) is 6.48. The van der Waals surface area contributed by atoms with Gasteiger partial charge in [-0.2, -0.15) is 0 Å². The number of carbonyl (C=O) groups is 2. The van der Waals surface area contributed by atoms with Gasteiger partial charge in [-0.1, -0.05) is 0 Å². The fourth-order valence-electron chi connectivity index (χ4n) is 3.41. The molecule has 7 heteroatoms. The molecule has 4 N–H and O–H groups in total. The summed E-state index contributed by atoms with van der Waals surface area (Å²) in [7, 11) is 1.62. The van der Waals surface area contributed by atoms with Gasteiger partial charge >= 0.3 is 0 Å². The average Bonchev–Trinajstić information content (AvgIpc) is 2.98. The van der Waals surface area contributed by atoms with Crippen LogP contribution in [-0.2, 0) is 7.05 Å². The van der Waals surface area contributed by atoms with Gasteiger partial charge in [0.05, 0.1) is 33.6 Å². The molecule has 0 saturated carbocycles. The number of Topliss-reactive ketones (excluding diaryl/α,β-unsaturated/α-hetero) is 2. The van der Waals surface area contributed by atoms with Crippen LogP contribution >= 0.6 is 0 Å². The van der Waals surface area contributed by atoms with Gasteiger partial charge in [0.15, 0.2) is 11.6 Å². The Morgan fingerprint density at radius 2 is 0.964 bits per heavy atom. The first kappa shape index (κ1) is 19.0. The summed E-state index contributed by atoms with van der Waals surface area (Å²) in [6.45, 7) is 2.55. The molecule has 3 aromatic rings. The zero-order valence-corrected chi connectivity index (χ0v) is 15.5. The molecule has 7 nitrogen and oxygen atoms in total. The van der Waals surface area contributed by atoms with Crippen LogP contribution in [0.1, 0.15) is 34.6 Å². The summed E-state index contributed by atoms with van der Waals surface area (Å²) in [6.07, 6.45) is 0. The number of benzene rings is 2. The van der Waals surface area contributed by atoms with E-state index in [2.05, 4.69) is 0 Å². The van der Waals surface area contributed by atoms with Crippen LogP contribution in [0.25, 0.3) is 22.5 Å². The van der Waals surface area contributed by atoms with Crippen molar-refractivity contribution in [2.24, 2.45) is 7.05 Å². The van der Waals surface area contributed by atoms with E-state index >= 15 is 0 Å². The van der Waals surface area contributed by atoms with Crippen LogP contribution in [0.15, 0.2) is 36.4 Å². The van der Waals surface area contributed by atoms with Crippen molar-refractivity contribution in [1.29, 1.82) is 0 Å². The monoisotopic (exact) mass is 381 g/mol. The predicted molar refractivity (Wildman–Crippen MR) is 103 cm³/mol. The molecule has 1 aromatic heterocycles. The number of hydrogen-bond acceptors (Lipinski definition) is 6. The first-order valence-electron chi connectivity index (χ1n) is 8.43. The third-order valence-corrected chi connectivity index (χ3v) is 4.66. The highest BCUT2D eigenvalue weighted by molar-refractivity contribution is 6.06. The zero-order chi connectivity index (χ0) is 20.7. The number of phenolic OH excluding ortho intramolecular Hbond substituents is 4. The average molecular weight is 381 g/mol. The lowest BCUT2D eigenvalue weighted by molar-refractivity contribution is 0.100. The Kier molecular flexibility index (Phi) is 4.60. The molecule has 0 aliphatic carbocycles. The second kappa shape index (κ2) is 6.77. The summed E-state index contributed by atoms with van der Waals surface area (Å²) in [5.74, 6) is -1.82. The maximum Gasteiger partial charge on any atom is 0.164 e. The standard InChI is InChI=1S/C21H19NO6/c1-10(23)18-14(25)6-8-16(27)20(18)12-4-5-13(22(12)3)21-17(28)9-7-15(26)19(21)11(2)24/h4-9,25-28H,1-3H3. The molecule has 0 radical (unpaired) electrons. The van der Waals surface area contributed by atoms with Crippen molar-refractivity contribution in [1.82, 2.24) is 4.57 Å². The van der Waals surface area contributed by atoms with Crippen molar-refractivity contribution in [3.63, 3.8) is 0 Å². The van der Waals surface area contributed by atoms with Crippen LogP contribution in [0.2, 0.25) is 0 Å². The molecule has 0 fully saturated rings. The quantitative estimate of drug-likeness (QED) is 0.405. The van der Waals surface area contributed by atoms with Gasteiger partial charge in [0, 0.05) is 7.05 Å². The second-order valence-electron chi connectivity index (χ2n) is 6.48. The SMILES string of the molecule is CC(=O)c1c(O)ccc(O)c1-c1ccc(-c2c(O)ccc(O)c2C(C)=O)n1C. The van der Waals surface area contributed by atoms with Crippen molar-refractivity contribution in [3.05, 3.63) is 47.5 Å². The highest BCUT2D eigenvalue weighted by atomic mass is 16.3. The van der Waals surface area contributed by atoms with Crippen molar-refractivity contribution < 1.29 is 30.0 Å². The molecule has 0 atom stereocenters. The minimum atomic E-state index is -0.434. The van der Waals surface area contributed by atoms with E-state index < -0.39 is 11.6 Å². The van der Waals surface area contributed by atoms with Gasteiger partial charge in [-0.25, -0.2) is 0 Å². The summed E-state index contributed by atoms with van der Waals surface area (Å²) < 4.78 is 1.56. The zero-order valence-electron chi connectivity index (χ0n) is 15.5. The molecule has 0 aliphatic rings. The van der Waals surface area contributed by atoms with Gasteiger partial charge in [0.1, 0.15) is 23.0 Å². The summed E-state index contributed by atoms with van der Waals surface area (Å²) in [5, 5.41) is 40.9. The number of carbonyl (C=O) groups excluding carboxylic acids is 2. The fraction of sp³-hybridized carbons (Fsp3) is 0.143. The van der Waals surface area contributed by atoms with E-state index in [0.29, 0.717) is 11.4 Å². The Balaban J connectivity index is 2.34. The van der Waals surface area contributed by atoms with Gasteiger partial charge in [-0.3, -0.25) is 9.59 Å². The molecule has 2 aromatic carbocycles. The minimum Gasteiger partial charge on any atom is -0.507 e. The number of aromatic hydroxyl groups is 4. The number of nitrogens with zero attached hydrogens (tertiary/aromatic N) is 1. The predicted octanol–water partition coefficient (Wildman–Crippen LogP) is 3.59. The van der Waals surface area contributed by atoms with E-state index in [1.54, 1.807) is 23.7 Å². The molecule has 0 spiro atoms. The van der Waals surface area contributed by atoms with Gasteiger partial charge in [0.25, 0.3) is 0 Å². The highest BCUT2D eigenvalue weighted by Gasteiger charge is 2.25. The first-order valence-corrected chi connectivity index (χ1v) is 8.43. The van der Waals surface area contributed by atoms with Crippen molar-refractivity contribution in [2.75, 3.05) is 0 Å². The third kappa shape index (κ3) is 2.87. The van der Waals surface area contributed by atoms with Crippen LogP contribution in [-0.4, -0.2) is 36.6 Å². The summed E-state index contributed by atoms with van der Waals surface area (Å²) in [6, 6.07) is 8.18. The number of ketones is 2. The first-order chi connectivity index (χ1) is 13.1. The Labute approximate surface area is 160 Å². The minimum absolute atomic E-state index is 0.0420. The van der Waals surface area contributed by atoms with E-state index in [0.717, 1.165) is 0 Å². The Morgan fingerprint density at radius 1 is 0.643 bits per heavy atom. The van der Waals surface area contributed by atoms with Gasteiger partial charge < -0.3 is 25.0 Å². The van der Waals surface area contributed by atoms with Gasteiger partial charge in [-0.05, 0) is 50.2 Å². The van der Waals surface area contributed by atoms with E-state index in [-0.39, 0.29) is 45.3 Å². The molecule has 1 heterocycles. The van der Waals surface area contributed by atoms with Crippen molar-refractivity contribution in [2.45, 2.75) is 13.8 Å². The van der Waals surface area contributed by atoms with Crippen LogP contribution in [0.3, 0.4) is 0 Å². The van der Waals surface area contributed by atoms with E-state index in [9.17, 15) is 30.0 Å². The summed E-state index contributed by atoms with van der Waals surface area (Å²) in [5.41, 5.74) is 0.937. The third-order valence-electron chi connectivity index (χ3n) is 4.66. The number of aromatic nitrogens is 1. The maximum absolute atomic E-state index is 12.0. The van der Waals surface area contributed by atoms with Crippen molar-refractivity contribution in [3.8, 4) is 45.5 Å². The molecule has 0 saturated heterocycles. The largest absolute Gasteiger partial charge is 0.507 e. The number of phenols is 4. The van der Waals surface area contributed by atoms with E-state index in [1.807, 2.05) is 0 Å². The van der Waals surface area contributed by atoms with Crippen molar-refractivity contribution >= 4 is 11.6 Å². The Morgan fingerprint density at radius 3 is 1.29 bits per heavy atom. The number of hydrogen-bond donors (Lipinski definition) is 4. The highest BCUT2D eigenvalue weighted by Crippen LogP contribution is 2.43. The van der Waals surface area contributed by atoms with E-state index in [1.165, 1.54) is 38.1 Å². The van der Waals surface area contributed by atoms with Gasteiger partial charge in [0.2, 0.25) is 0 Å². The molecular weight excluding hydrogens is 362 g/mol. The number of rotatable bonds is 4. The Hall–Kier alpha value is -3.74. The molecule has 0 unspecified atom stereocenters. The van der Waals surface area contributed by atoms with E-state index in [4.69, 9.17) is 0 Å². The van der Waals surface area contributed by atoms with Crippen LogP contribution in [0, 0.1) is 0 Å². The lowest BCUT2D eigenvalue weighted by Crippen LogP contribution is -2.04.